The molecular formula is C24H24N2O4. The molecule has 0 aliphatic rings. The molecule has 3 aromatic carbocycles. The number of carbonyl (C=O) groups is 2. The monoisotopic (exact) mass is 404 g/mol. The Bertz CT molecular complexity index is 955. The Labute approximate surface area is 175 Å². The van der Waals surface area contributed by atoms with Gasteiger partial charge in [0, 0.05) is 17.8 Å². The smallest absolute Gasteiger partial charge is 0.337 e. The lowest BCUT2D eigenvalue weighted by molar-refractivity contribution is -0.114. The quantitative estimate of drug-likeness (QED) is 0.524. The summed E-state index contributed by atoms with van der Waals surface area (Å²) in [4.78, 5) is 23.5. The second kappa shape index (κ2) is 10.7. The summed E-state index contributed by atoms with van der Waals surface area (Å²) in [5.74, 6) is 0.178. The molecule has 2 N–H and O–H groups in total. The minimum absolute atomic E-state index is 0.118. The number of hydrogen-bond donors (Lipinski definition) is 2. The molecule has 0 aliphatic heterocycles. The van der Waals surface area contributed by atoms with E-state index in [1.807, 2.05) is 42.5 Å². The van der Waals surface area contributed by atoms with E-state index < -0.39 is 5.97 Å². The van der Waals surface area contributed by atoms with Crippen molar-refractivity contribution in [1.29, 1.82) is 0 Å². The lowest BCUT2D eigenvalue weighted by atomic mass is 10.2. The first kappa shape index (κ1) is 20.9. The molecule has 6 nitrogen and oxygen atoms in total. The van der Waals surface area contributed by atoms with E-state index in [9.17, 15) is 9.59 Å². The highest BCUT2D eigenvalue weighted by Crippen LogP contribution is 2.16. The first-order valence-corrected chi connectivity index (χ1v) is 9.63. The maximum Gasteiger partial charge on any atom is 0.337 e. The molecule has 0 bridgehead atoms. The summed E-state index contributed by atoms with van der Waals surface area (Å²) in [5, 5.41) is 5.84. The molecule has 6 heteroatoms. The fourth-order valence-corrected chi connectivity index (χ4v) is 2.80. The topological polar surface area (TPSA) is 76.7 Å². The largest absolute Gasteiger partial charge is 0.493 e. The number of carbonyl (C=O) groups excluding carboxylic acids is 2. The van der Waals surface area contributed by atoms with Gasteiger partial charge in [0.2, 0.25) is 5.91 Å². The van der Waals surface area contributed by atoms with Crippen LogP contribution in [0.15, 0.2) is 78.9 Å². The summed E-state index contributed by atoms with van der Waals surface area (Å²) in [6.07, 6.45) is 0.849. The predicted octanol–water partition coefficient (Wildman–Crippen LogP) is 4.15. The highest BCUT2D eigenvalue weighted by molar-refractivity contribution is 5.95. The van der Waals surface area contributed by atoms with Crippen LogP contribution in [0.3, 0.4) is 0 Å². The number of ether oxygens (including phenoxy) is 2. The molecule has 0 saturated carbocycles. The van der Waals surface area contributed by atoms with Gasteiger partial charge in [0.25, 0.3) is 0 Å². The van der Waals surface area contributed by atoms with Crippen LogP contribution in [0, 0.1) is 0 Å². The number of anilines is 2. The van der Waals surface area contributed by atoms with Gasteiger partial charge in [-0.2, -0.15) is 0 Å². The summed E-state index contributed by atoms with van der Waals surface area (Å²) in [7, 11) is 1.33. The Kier molecular flexibility index (Phi) is 7.44. The molecule has 1 amide bonds. The van der Waals surface area contributed by atoms with Crippen molar-refractivity contribution in [2.45, 2.75) is 6.42 Å². The van der Waals surface area contributed by atoms with Crippen LogP contribution in [0.1, 0.15) is 15.9 Å². The number of benzene rings is 3. The van der Waals surface area contributed by atoms with Crippen molar-refractivity contribution in [1.82, 2.24) is 0 Å². The Morgan fingerprint density at radius 1 is 0.833 bits per heavy atom. The average molecular weight is 404 g/mol. The van der Waals surface area contributed by atoms with Crippen LogP contribution in [0.4, 0.5) is 11.4 Å². The molecule has 0 spiro atoms. The maximum absolute atomic E-state index is 12.1. The number of nitrogens with one attached hydrogen (secondary N) is 2. The van der Waals surface area contributed by atoms with Crippen molar-refractivity contribution in [2.75, 3.05) is 30.9 Å². The van der Waals surface area contributed by atoms with Crippen LogP contribution < -0.4 is 15.4 Å². The fraction of sp³-hybridized carbons (Fsp3) is 0.167. The van der Waals surface area contributed by atoms with Crippen LogP contribution in [0.5, 0.6) is 5.75 Å². The van der Waals surface area contributed by atoms with Crippen molar-refractivity contribution in [2.24, 2.45) is 0 Å². The Morgan fingerprint density at radius 2 is 1.50 bits per heavy atom. The number of esters is 1. The Balaban J connectivity index is 1.40. The van der Waals surface area contributed by atoms with Crippen molar-refractivity contribution >= 4 is 23.3 Å². The van der Waals surface area contributed by atoms with Gasteiger partial charge >= 0.3 is 5.97 Å². The molecule has 154 valence electrons. The molecule has 3 rings (SSSR count). The molecule has 3 aromatic rings. The van der Waals surface area contributed by atoms with Gasteiger partial charge in [-0.15, -0.1) is 0 Å². The summed E-state index contributed by atoms with van der Waals surface area (Å²) in [5.41, 5.74) is 3.10. The van der Waals surface area contributed by atoms with E-state index in [2.05, 4.69) is 27.5 Å². The van der Waals surface area contributed by atoms with Crippen LogP contribution in [-0.4, -0.2) is 32.1 Å². The molecule has 0 unspecified atom stereocenters. The van der Waals surface area contributed by atoms with E-state index in [1.165, 1.54) is 12.7 Å². The van der Waals surface area contributed by atoms with Gasteiger partial charge in [0.15, 0.2) is 0 Å². The lowest BCUT2D eigenvalue weighted by Crippen LogP contribution is -2.21. The molecule has 30 heavy (non-hydrogen) atoms. The van der Waals surface area contributed by atoms with Gasteiger partial charge in [0.1, 0.15) is 5.75 Å². The third-order valence-electron chi connectivity index (χ3n) is 4.40. The van der Waals surface area contributed by atoms with E-state index in [0.717, 1.165) is 17.9 Å². The molecule has 0 aromatic heterocycles. The zero-order valence-electron chi connectivity index (χ0n) is 16.8. The van der Waals surface area contributed by atoms with E-state index in [1.54, 1.807) is 24.3 Å². The molecule has 0 fully saturated rings. The van der Waals surface area contributed by atoms with Gasteiger partial charge in [-0.05, 0) is 54.1 Å². The highest BCUT2D eigenvalue weighted by atomic mass is 16.5. The van der Waals surface area contributed by atoms with Gasteiger partial charge in [-0.25, -0.2) is 4.79 Å². The van der Waals surface area contributed by atoms with Gasteiger partial charge < -0.3 is 20.1 Å². The fourth-order valence-electron chi connectivity index (χ4n) is 2.80. The first-order valence-electron chi connectivity index (χ1n) is 9.63. The number of rotatable bonds is 9. The normalized spacial score (nSPS) is 10.2. The van der Waals surface area contributed by atoms with Gasteiger partial charge in [0.05, 0.1) is 25.8 Å². The van der Waals surface area contributed by atoms with Crippen molar-refractivity contribution in [3.05, 3.63) is 90.0 Å². The van der Waals surface area contributed by atoms with Crippen molar-refractivity contribution in [3.8, 4) is 5.75 Å². The lowest BCUT2D eigenvalue weighted by Gasteiger charge is -2.10. The standard InChI is InChI=1S/C24H24N2O4/c1-29-24(28)19-7-9-21(10-8-19)26-23(27)17-25-20-11-13-22(14-12-20)30-16-15-18-5-3-2-4-6-18/h2-14,25H,15-17H2,1H3,(H,26,27). The maximum atomic E-state index is 12.1. The minimum Gasteiger partial charge on any atom is -0.493 e. The van der Waals surface area contributed by atoms with Crippen molar-refractivity contribution < 1.29 is 19.1 Å². The van der Waals surface area contributed by atoms with E-state index in [0.29, 0.717) is 17.9 Å². The Hall–Kier alpha value is -3.80. The van der Waals surface area contributed by atoms with E-state index in [4.69, 9.17) is 4.74 Å². The van der Waals surface area contributed by atoms with E-state index in [-0.39, 0.29) is 12.5 Å². The minimum atomic E-state index is -0.415. The molecule has 0 aliphatic carbocycles. The second-order valence-corrected chi connectivity index (χ2v) is 6.58. The zero-order valence-corrected chi connectivity index (χ0v) is 16.8. The van der Waals surface area contributed by atoms with Crippen LogP contribution >= 0.6 is 0 Å². The highest BCUT2D eigenvalue weighted by Gasteiger charge is 2.06. The third-order valence-corrected chi connectivity index (χ3v) is 4.40. The average Bonchev–Trinajstić information content (AvgIpc) is 2.79. The van der Waals surface area contributed by atoms with Gasteiger partial charge in [-0.3, -0.25) is 4.79 Å². The number of amides is 1. The third kappa shape index (κ3) is 6.38. The van der Waals surface area contributed by atoms with Crippen LogP contribution in [0.2, 0.25) is 0 Å². The van der Waals surface area contributed by atoms with Gasteiger partial charge in [-0.1, -0.05) is 30.3 Å². The number of hydrogen-bond acceptors (Lipinski definition) is 5. The number of methoxy groups -OCH3 is 1. The molecular weight excluding hydrogens is 380 g/mol. The van der Waals surface area contributed by atoms with E-state index >= 15 is 0 Å². The second-order valence-electron chi connectivity index (χ2n) is 6.58. The Morgan fingerprint density at radius 3 is 2.17 bits per heavy atom. The molecule has 0 saturated heterocycles. The summed E-state index contributed by atoms with van der Waals surface area (Å²) < 4.78 is 10.4. The molecule has 0 radical (unpaired) electrons. The zero-order chi connectivity index (χ0) is 21.2. The summed E-state index contributed by atoms with van der Waals surface area (Å²) in [6, 6.07) is 24.2. The summed E-state index contributed by atoms with van der Waals surface area (Å²) >= 11 is 0. The summed E-state index contributed by atoms with van der Waals surface area (Å²) in [6.45, 7) is 0.723. The van der Waals surface area contributed by atoms with Crippen molar-refractivity contribution in [3.63, 3.8) is 0 Å². The van der Waals surface area contributed by atoms with Crippen LogP contribution in [0.25, 0.3) is 0 Å². The SMILES string of the molecule is COC(=O)c1ccc(NC(=O)CNc2ccc(OCCc3ccccc3)cc2)cc1. The predicted molar refractivity (Wildman–Crippen MR) is 117 cm³/mol. The molecule has 0 heterocycles. The van der Waals surface area contributed by atoms with Crippen LogP contribution in [-0.2, 0) is 16.0 Å². The first-order chi connectivity index (χ1) is 14.6. The molecule has 0 atom stereocenters.